The van der Waals surface area contributed by atoms with Gasteiger partial charge in [-0.05, 0) is 19.3 Å². The largest absolute Gasteiger partial charge is 0.394 e. The average Bonchev–Trinajstić information content (AvgIpc) is 2.98. The van der Waals surface area contributed by atoms with Crippen molar-refractivity contribution in [1.82, 2.24) is 5.32 Å². The summed E-state index contributed by atoms with van der Waals surface area (Å²) in [4.78, 5) is 12.7. The normalized spacial score (nSPS) is 24.2. The first-order valence-electron chi connectivity index (χ1n) is 16.9. The van der Waals surface area contributed by atoms with Crippen LogP contribution in [0.5, 0.6) is 0 Å². The standard InChI is InChI=1S/C33H63NO8/c1-3-5-7-9-11-13-14-15-16-18-20-22-27(36)26(34-29(37)23-21-19-17-12-10-8-6-4-2)25-41-33-32(40)31(39)30(38)28(24-35)42-33/h20,22,26-28,30-33,35-36,38-40H,3-19,21,23-25H2,1-2H3,(H,34,37)/b22-20+/t26-,27+,28+,30+,31?,32?,33+/m0/s1. The van der Waals surface area contributed by atoms with E-state index in [1.54, 1.807) is 6.08 Å². The highest BCUT2D eigenvalue weighted by molar-refractivity contribution is 5.76. The average molecular weight is 602 g/mol. The lowest BCUT2D eigenvalue weighted by Gasteiger charge is -2.40. The molecule has 0 aromatic carbocycles. The van der Waals surface area contributed by atoms with E-state index in [-0.39, 0.29) is 12.5 Å². The summed E-state index contributed by atoms with van der Waals surface area (Å²) in [6.07, 6.45) is 17.0. The van der Waals surface area contributed by atoms with Gasteiger partial charge >= 0.3 is 0 Å². The number of aliphatic hydroxyl groups is 5. The molecule has 1 amide bonds. The van der Waals surface area contributed by atoms with Gasteiger partial charge in [0.15, 0.2) is 6.29 Å². The fourth-order valence-electron chi connectivity index (χ4n) is 5.27. The van der Waals surface area contributed by atoms with E-state index in [1.165, 1.54) is 77.0 Å². The first-order chi connectivity index (χ1) is 20.3. The van der Waals surface area contributed by atoms with Crippen LogP contribution in [0.2, 0.25) is 0 Å². The molecule has 0 radical (unpaired) electrons. The van der Waals surface area contributed by atoms with Crippen LogP contribution in [0.1, 0.15) is 136 Å². The first kappa shape index (κ1) is 39.0. The lowest BCUT2D eigenvalue weighted by atomic mass is 9.99. The third-order valence-electron chi connectivity index (χ3n) is 8.11. The smallest absolute Gasteiger partial charge is 0.220 e. The highest BCUT2D eigenvalue weighted by Crippen LogP contribution is 2.22. The zero-order valence-corrected chi connectivity index (χ0v) is 26.5. The molecule has 2 unspecified atom stereocenters. The van der Waals surface area contributed by atoms with Gasteiger partial charge in [0.2, 0.25) is 5.91 Å². The van der Waals surface area contributed by atoms with Crippen molar-refractivity contribution in [2.24, 2.45) is 0 Å². The summed E-state index contributed by atoms with van der Waals surface area (Å²) in [6, 6.07) is -0.793. The molecule has 0 saturated carbocycles. The minimum atomic E-state index is -1.56. The maximum absolute atomic E-state index is 12.7. The Morgan fingerprint density at radius 1 is 0.786 bits per heavy atom. The molecule has 9 nitrogen and oxygen atoms in total. The van der Waals surface area contributed by atoms with Gasteiger partial charge in [-0.25, -0.2) is 0 Å². The Labute approximate surface area is 255 Å². The molecule has 1 saturated heterocycles. The molecule has 1 aliphatic rings. The molecule has 9 heteroatoms. The monoisotopic (exact) mass is 601 g/mol. The Morgan fingerprint density at radius 2 is 1.31 bits per heavy atom. The third kappa shape index (κ3) is 17.3. The summed E-state index contributed by atoms with van der Waals surface area (Å²) in [5, 5.41) is 53.6. The van der Waals surface area contributed by atoms with Crippen molar-refractivity contribution in [2.45, 2.75) is 179 Å². The van der Waals surface area contributed by atoms with E-state index in [9.17, 15) is 30.3 Å². The molecule has 0 aromatic heterocycles. The molecule has 42 heavy (non-hydrogen) atoms. The van der Waals surface area contributed by atoms with Crippen LogP contribution in [0.4, 0.5) is 0 Å². The molecule has 0 spiro atoms. The topological polar surface area (TPSA) is 149 Å². The van der Waals surface area contributed by atoms with Crippen LogP contribution in [0.15, 0.2) is 12.2 Å². The second-order valence-electron chi connectivity index (χ2n) is 12.0. The number of aliphatic hydroxyl groups excluding tert-OH is 5. The summed E-state index contributed by atoms with van der Waals surface area (Å²) < 4.78 is 11.1. The number of unbranched alkanes of at least 4 members (excludes halogenated alkanes) is 16. The fraction of sp³-hybridized carbons (Fsp3) is 0.909. The number of amides is 1. The molecular weight excluding hydrogens is 538 g/mol. The van der Waals surface area contributed by atoms with Crippen molar-refractivity contribution < 1.29 is 39.8 Å². The van der Waals surface area contributed by atoms with E-state index in [2.05, 4.69) is 19.2 Å². The van der Waals surface area contributed by atoms with E-state index >= 15 is 0 Å². The number of allylic oxidation sites excluding steroid dienone is 1. The van der Waals surface area contributed by atoms with Gasteiger partial charge < -0.3 is 40.3 Å². The fourth-order valence-corrected chi connectivity index (χ4v) is 5.27. The Balaban J connectivity index is 2.54. The van der Waals surface area contributed by atoms with Crippen molar-refractivity contribution in [1.29, 1.82) is 0 Å². The Bertz CT molecular complexity index is 676. The first-order valence-corrected chi connectivity index (χ1v) is 16.9. The molecule has 0 aliphatic carbocycles. The zero-order chi connectivity index (χ0) is 31.0. The summed E-state index contributed by atoms with van der Waals surface area (Å²) in [5.74, 6) is -0.185. The Morgan fingerprint density at radius 3 is 1.86 bits per heavy atom. The van der Waals surface area contributed by atoms with Crippen LogP contribution in [0.25, 0.3) is 0 Å². The van der Waals surface area contributed by atoms with E-state index < -0.39 is 49.5 Å². The summed E-state index contributed by atoms with van der Waals surface area (Å²) in [6.45, 7) is 3.68. The van der Waals surface area contributed by atoms with E-state index in [1.807, 2.05) is 6.08 Å². The van der Waals surface area contributed by atoms with E-state index in [0.29, 0.717) is 6.42 Å². The Hall–Kier alpha value is -1.07. The summed E-state index contributed by atoms with van der Waals surface area (Å²) in [5.41, 5.74) is 0. The highest BCUT2D eigenvalue weighted by Gasteiger charge is 2.44. The second kappa shape index (κ2) is 25.3. The molecule has 0 aromatic rings. The molecule has 7 atom stereocenters. The lowest BCUT2D eigenvalue weighted by Crippen LogP contribution is -2.60. The number of rotatable bonds is 26. The van der Waals surface area contributed by atoms with Crippen molar-refractivity contribution in [2.75, 3.05) is 13.2 Å². The van der Waals surface area contributed by atoms with Gasteiger partial charge in [0.25, 0.3) is 0 Å². The molecule has 248 valence electrons. The summed E-state index contributed by atoms with van der Waals surface area (Å²) >= 11 is 0. The molecule has 0 bridgehead atoms. The maximum atomic E-state index is 12.7. The minimum absolute atomic E-state index is 0.185. The van der Waals surface area contributed by atoms with Gasteiger partial charge in [0.05, 0.1) is 25.4 Å². The molecule has 1 aliphatic heterocycles. The van der Waals surface area contributed by atoms with Gasteiger partial charge in [-0.1, -0.05) is 122 Å². The lowest BCUT2D eigenvalue weighted by molar-refractivity contribution is -0.302. The minimum Gasteiger partial charge on any atom is -0.394 e. The molecular formula is C33H63NO8. The van der Waals surface area contributed by atoms with Crippen LogP contribution in [-0.4, -0.2) is 87.5 Å². The van der Waals surface area contributed by atoms with Gasteiger partial charge in [-0.2, -0.15) is 0 Å². The molecule has 1 rings (SSSR count). The van der Waals surface area contributed by atoms with Crippen LogP contribution in [-0.2, 0) is 14.3 Å². The third-order valence-corrected chi connectivity index (χ3v) is 8.11. The van der Waals surface area contributed by atoms with Gasteiger partial charge in [0, 0.05) is 6.42 Å². The predicted octanol–water partition coefficient (Wildman–Crippen LogP) is 4.66. The van der Waals surface area contributed by atoms with Crippen LogP contribution < -0.4 is 5.32 Å². The van der Waals surface area contributed by atoms with Gasteiger partial charge in [0.1, 0.15) is 24.4 Å². The quantitative estimate of drug-likeness (QED) is 0.0620. The molecule has 1 heterocycles. The molecule has 1 fully saturated rings. The number of hydrogen-bond donors (Lipinski definition) is 6. The predicted molar refractivity (Wildman–Crippen MR) is 166 cm³/mol. The maximum Gasteiger partial charge on any atom is 0.220 e. The number of ether oxygens (including phenoxy) is 2. The van der Waals surface area contributed by atoms with Crippen LogP contribution in [0, 0.1) is 0 Å². The molecule has 6 N–H and O–H groups in total. The van der Waals surface area contributed by atoms with Crippen molar-refractivity contribution in [3.05, 3.63) is 12.2 Å². The highest BCUT2D eigenvalue weighted by atomic mass is 16.7. The van der Waals surface area contributed by atoms with Crippen molar-refractivity contribution in [3.63, 3.8) is 0 Å². The summed E-state index contributed by atoms with van der Waals surface area (Å²) in [7, 11) is 0. The second-order valence-corrected chi connectivity index (χ2v) is 12.0. The number of carbonyl (C=O) groups is 1. The number of nitrogens with one attached hydrogen (secondary N) is 1. The number of hydrogen-bond acceptors (Lipinski definition) is 8. The number of carbonyl (C=O) groups excluding carboxylic acids is 1. The van der Waals surface area contributed by atoms with Gasteiger partial charge in [-0.3, -0.25) is 4.79 Å². The van der Waals surface area contributed by atoms with Gasteiger partial charge in [-0.15, -0.1) is 0 Å². The van der Waals surface area contributed by atoms with E-state index in [0.717, 1.165) is 38.5 Å². The van der Waals surface area contributed by atoms with Crippen LogP contribution >= 0.6 is 0 Å². The van der Waals surface area contributed by atoms with Crippen LogP contribution in [0.3, 0.4) is 0 Å². The van der Waals surface area contributed by atoms with Crippen molar-refractivity contribution in [3.8, 4) is 0 Å². The van der Waals surface area contributed by atoms with E-state index in [4.69, 9.17) is 9.47 Å². The Kier molecular flexibility index (Phi) is 23.4. The zero-order valence-electron chi connectivity index (χ0n) is 26.5. The SMILES string of the molecule is CCCCCCCCCCC/C=C/[C@@H](O)[C@H](CO[C@@H]1O[C@H](CO)[C@@H](O)C(O)C1O)NC(=O)CCCCCCCCCC. The van der Waals surface area contributed by atoms with Crippen molar-refractivity contribution >= 4 is 5.91 Å².